The van der Waals surface area contributed by atoms with Crippen LogP contribution in [0, 0.1) is 17.1 Å². The van der Waals surface area contributed by atoms with Crippen LogP contribution in [0.1, 0.15) is 23.1 Å². The summed E-state index contributed by atoms with van der Waals surface area (Å²) in [5, 5.41) is 9.07. The first-order valence-electron chi connectivity index (χ1n) is 9.03. The first-order chi connectivity index (χ1) is 14.9. The van der Waals surface area contributed by atoms with Gasteiger partial charge in [0, 0.05) is 11.1 Å². The highest BCUT2D eigenvalue weighted by atomic mass is 79.9. The molecule has 1 aromatic heterocycles. The Kier molecular flexibility index (Phi) is 5.57. The van der Waals surface area contributed by atoms with Crippen molar-refractivity contribution in [2.24, 2.45) is 0 Å². The zero-order valence-electron chi connectivity index (χ0n) is 15.7. The summed E-state index contributed by atoms with van der Waals surface area (Å²) in [6.07, 6.45) is -2.82. The van der Waals surface area contributed by atoms with Crippen LogP contribution in [0.5, 0.6) is 11.5 Å². The SMILES string of the molecule is N#Cc1cc(Oc2c(Br)ccc(Cn3c(=O)[nH]c4ccccc43)c2F)cc(C(F)F)c1. The maximum absolute atomic E-state index is 15.3. The summed E-state index contributed by atoms with van der Waals surface area (Å²) in [4.78, 5) is 15.0. The Hall–Kier alpha value is -3.51. The lowest BCUT2D eigenvalue weighted by atomic mass is 10.1. The van der Waals surface area contributed by atoms with Gasteiger partial charge in [-0.1, -0.05) is 18.2 Å². The zero-order valence-corrected chi connectivity index (χ0v) is 17.3. The molecule has 5 nitrogen and oxygen atoms in total. The molecule has 0 saturated carbocycles. The number of nitriles is 1. The summed E-state index contributed by atoms with van der Waals surface area (Å²) >= 11 is 3.20. The molecule has 0 spiro atoms. The number of benzene rings is 3. The van der Waals surface area contributed by atoms with Crippen molar-refractivity contribution in [2.75, 3.05) is 0 Å². The van der Waals surface area contributed by atoms with E-state index in [0.29, 0.717) is 11.0 Å². The van der Waals surface area contributed by atoms with Gasteiger partial charge >= 0.3 is 5.69 Å². The number of rotatable bonds is 5. The highest BCUT2D eigenvalue weighted by Gasteiger charge is 2.18. The van der Waals surface area contributed by atoms with Gasteiger partial charge in [-0.05, 0) is 52.3 Å². The number of halogens is 4. The summed E-state index contributed by atoms with van der Waals surface area (Å²) in [6.45, 7) is -0.0706. The fourth-order valence-electron chi connectivity index (χ4n) is 3.21. The minimum absolute atomic E-state index is 0.0363. The summed E-state index contributed by atoms with van der Waals surface area (Å²) in [7, 11) is 0. The van der Waals surface area contributed by atoms with Gasteiger partial charge in [-0.3, -0.25) is 4.57 Å². The molecule has 4 aromatic rings. The topological polar surface area (TPSA) is 70.8 Å². The lowest BCUT2D eigenvalue weighted by Crippen LogP contribution is -2.18. The van der Waals surface area contributed by atoms with E-state index in [4.69, 9.17) is 10.00 Å². The van der Waals surface area contributed by atoms with E-state index in [-0.39, 0.29) is 33.6 Å². The zero-order chi connectivity index (χ0) is 22.1. The van der Waals surface area contributed by atoms with Gasteiger partial charge in [0.1, 0.15) is 5.75 Å². The third kappa shape index (κ3) is 4.07. The molecule has 0 aliphatic carbocycles. The van der Waals surface area contributed by atoms with Gasteiger partial charge in [0.15, 0.2) is 11.6 Å². The second kappa shape index (κ2) is 8.32. The predicted octanol–water partition coefficient (Wildman–Crippen LogP) is 5.88. The number of ether oxygens (including phenoxy) is 1. The van der Waals surface area contributed by atoms with E-state index in [2.05, 4.69) is 20.9 Å². The molecule has 1 N–H and O–H groups in total. The molecule has 0 aliphatic heterocycles. The Labute approximate surface area is 182 Å². The normalized spacial score (nSPS) is 11.1. The van der Waals surface area contributed by atoms with Crippen molar-refractivity contribution in [1.29, 1.82) is 5.26 Å². The van der Waals surface area contributed by atoms with E-state index in [1.165, 1.54) is 22.8 Å². The number of imidazole rings is 1. The highest BCUT2D eigenvalue weighted by molar-refractivity contribution is 9.10. The molecule has 9 heteroatoms. The molecule has 1 heterocycles. The number of aromatic amines is 1. The molecule has 0 aliphatic rings. The number of aromatic nitrogens is 2. The Morgan fingerprint density at radius 2 is 1.94 bits per heavy atom. The standard InChI is InChI=1S/C22H13BrF3N3O2/c23-16-6-5-13(11-29-18-4-2-1-3-17(18)28-22(29)30)19(24)20(16)31-15-8-12(10-27)7-14(9-15)21(25)26/h1-9,21H,11H2,(H,28,30). The van der Waals surface area contributed by atoms with Gasteiger partial charge < -0.3 is 9.72 Å². The molecule has 0 amide bonds. The first-order valence-corrected chi connectivity index (χ1v) is 9.82. The minimum atomic E-state index is -2.82. The minimum Gasteiger partial charge on any atom is -0.453 e. The number of fused-ring (bicyclic) bond motifs is 1. The summed E-state index contributed by atoms with van der Waals surface area (Å²) in [6, 6.07) is 15.2. The van der Waals surface area contributed by atoms with Crippen LogP contribution in [-0.4, -0.2) is 9.55 Å². The smallest absolute Gasteiger partial charge is 0.326 e. The second-order valence-electron chi connectivity index (χ2n) is 6.69. The van der Waals surface area contributed by atoms with E-state index in [1.807, 2.05) is 0 Å². The van der Waals surface area contributed by atoms with Gasteiger partial charge in [-0.15, -0.1) is 0 Å². The lowest BCUT2D eigenvalue weighted by Gasteiger charge is -2.14. The molecular weight excluding hydrogens is 475 g/mol. The molecule has 0 unspecified atom stereocenters. The number of nitrogens with zero attached hydrogens (tertiary/aromatic N) is 2. The van der Waals surface area contributed by atoms with Gasteiger partial charge in [0.25, 0.3) is 6.43 Å². The largest absolute Gasteiger partial charge is 0.453 e. The third-order valence-corrected chi connectivity index (χ3v) is 5.29. The number of para-hydroxylation sites is 2. The van der Waals surface area contributed by atoms with Crippen molar-refractivity contribution < 1.29 is 17.9 Å². The molecule has 31 heavy (non-hydrogen) atoms. The maximum Gasteiger partial charge on any atom is 0.326 e. The molecule has 3 aromatic carbocycles. The average molecular weight is 488 g/mol. The second-order valence-corrected chi connectivity index (χ2v) is 7.54. The molecule has 0 bridgehead atoms. The molecular formula is C22H13BrF3N3O2. The predicted molar refractivity (Wildman–Crippen MR) is 112 cm³/mol. The Morgan fingerprint density at radius 3 is 2.68 bits per heavy atom. The van der Waals surface area contributed by atoms with Crippen molar-refractivity contribution >= 4 is 27.0 Å². The van der Waals surface area contributed by atoms with E-state index >= 15 is 4.39 Å². The number of hydrogen-bond donors (Lipinski definition) is 1. The van der Waals surface area contributed by atoms with Crippen LogP contribution in [0.15, 0.2) is 63.9 Å². The number of nitrogens with one attached hydrogen (secondary N) is 1. The monoisotopic (exact) mass is 487 g/mol. The van der Waals surface area contributed by atoms with Crippen molar-refractivity contribution in [2.45, 2.75) is 13.0 Å². The molecule has 0 fully saturated rings. The quantitative estimate of drug-likeness (QED) is 0.382. The Morgan fingerprint density at radius 1 is 1.16 bits per heavy atom. The van der Waals surface area contributed by atoms with Gasteiger partial charge in [0.05, 0.1) is 33.7 Å². The van der Waals surface area contributed by atoms with Crippen LogP contribution in [0.2, 0.25) is 0 Å². The first kappa shape index (κ1) is 20.8. The number of H-pyrrole nitrogens is 1. The van der Waals surface area contributed by atoms with Crippen LogP contribution in [0.4, 0.5) is 13.2 Å². The van der Waals surface area contributed by atoms with Crippen LogP contribution >= 0.6 is 15.9 Å². The van der Waals surface area contributed by atoms with Crippen LogP contribution in [0.25, 0.3) is 11.0 Å². The molecule has 0 radical (unpaired) electrons. The molecule has 0 saturated heterocycles. The van der Waals surface area contributed by atoms with Crippen molar-refractivity contribution in [1.82, 2.24) is 9.55 Å². The summed E-state index contributed by atoms with van der Waals surface area (Å²) < 4.78 is 48.7. The van der Waals surface area contributed by atoms with Gasteiger partial charge in [-0.2, -0.15) is 5.26 Å². The average Bonchev–Trinajstić information content (AvgIpc) is 3.07. The van der Waals surface area contributed by atoms with Gasteiger partial charge in [0.2, 0.25) is 0 Å². The molecule has 156 valence electrons. The maximum atomic E-state index is 15.3. The molecule has 4 rings (SSSR count). The Bertz CT molecular complexity index is 1390. The van der Waals surface area contributed by atoms with E-state index < -0.39 is 23.5 Å². The Balaban J connectivity index is 1.74. The lowest BCUT2D eigenvalue weighted by molar-refractivity contribution is 0.151. The highest BCUT2D eigenvalue weighted by Crippen LogP contribution is 2.36. The third-order valence-electron chi connectivity index (χ3n) is 4.67. The van der Waals surface area contributed by atoms with E-state index in [9.17, 15) is 13.6 Å². The fraction of sp³-hybridized carbons (Fsp3) is 0.0909. The van der Waals surface area contributed by atoms with Crippen LogP contribution in [-0.2, 0) is 6.54 Å². The van der Waals surface area contributed by atoms with E-state index in [0.717, 1.165) is 12.1 Å². The van der Waals surface area contributed by atoms with Crippen molar-refractivity contribution in [3.63, 3.8) is 0 Å². The van der Waals surface area contributed by atoms with Gasteiger partial charge in [-0.25, -0.2) is 18.0 Å². The van der Waals surface area contributed by atoms with Crippen LogP contribution < -0.4 is 10.4 Å². The summed E-state index contributed by atoms with van der Waals surface area (Å²) in [5.41, 5.74) is 0.553. The number of alkyl halides is 2. The van der Waals surface area contributed by atoms with Crippen molar-refractivity contribution in [3.05, 3.63) is 92.1 Å². The van der Waals surface area contributed by atoms with Crippen LogP contribution in [0.3, 0.4) is 0 Å². The number of hydrogen-bond acceptors (Lipinski definition) is 3. The molecule has 0 atom stereocenters. The summed E-state index contributed by atoms with van der Waals surface area (Å²) in [5.74, 6) is -1.09. The fourth-order valence-corrected chi connectivity index (χ4v) is 3.60. The van der Waals surface area contributed by atoms with E-state index in [1.54, 1.807) is 30.3 Å². The van der Waals surface area contributed by atoms with Crippen molar-refractivity contribution in [3.8, 4) is 17.6 Å².